The fourth-order valence-corrected chi connectivity index (χ4v) is 5.85. The lowest BCUT2D eigenvalue weighted by molar-refractivity contribution is 0.0684. The number of pyridine rings is 1. The molecule has 0 radical (unpaired) electrons. The first kappa shape index (κ1) is 26.6. The Morgan fingerprint density at radius 3 is 2.50 bits per heavy atom. The van der Waals surface area contributed by atoms with Gasteiger partial charge < -0.3 is 15.0 Å². The molecule has 3 heterocycles. The van der Waals surface area contributed by atoms with E-state index in [2.05, 4.69) is 66.6 Å². The summed E-state index contributed by atoms with van der Waals surface area (Å²) in [6.07, 6.45) is 10.5. The van der Waals surface area contributed by atoms with Gasteiger partial charge in [0.1, 0.15) is 11.2 Å². The molecular formula is C30H42N6O2. The third-order valence-electron chi connectivity index (χ3n) is 8.77. The Labute approximate surface area is 225 Å². The molecule has 0 saturated heterocycles. The van der Waals surface area contributed by atoms with E-state index in [1.807, 2.05) is 6.20 Å². The van der Waals surface area contributed by atoms with Crippen LogP contribution in [0.5, 0.6) is 0 Å². The average molecular weight is 519 g/mol. The number of carboxylic acid groups (broad SMARTS) is 1. The number of carboxylic acids is 1. The molecule has 3 aromatic rings. The number of carbonyl (C=O) groups is 1. The second-order valence-electron chi connectivity index (χ2n) is 12.8. The molecule has 0 bridgehead atoms. The number of hydrogen-bond acceptors (Lipinski definition) is 6. The van der Waals surface area contributed by atoms with Gasteiger partial charge in [0.2, 0.25) is 5.82 Å². The lowest BCUT2D eigenvalue weighted by Crippen LogP contribution is -2.26. The Bertz CT molecular complexity index is 1300. The number of aromatic carboxylic acids is 1. The van der Waals surface area contributed by atoms with Crippen LogP contribution in [0.3, 0.4) is 0 Å². The number of imidazole rings is 1. The molecular weight excluding hydrogens is 476 g/mol. The van der Waals surface area contributed by atoms with E-state index in [1.165, 1.54) is 50.5 Å². The van der Waals surface area contributed by atoms with Crippen LogP contribution >= 0.6 is 0 Å². The molecule has 2 N–H and O–H groups in total. The van der Waals surface area contributed by atoms with Crippen molar-refractivity contribution in [3.05, 3.63) is 29.7 Å². The van der Waals surface area contributed by atoms with Gasteiger partial charge in [0.05, 0.1) is 0 Å². The van der Waals surface area contributed by atoms with Crippen LogP contribution in [0.4, 0.5) is 5.82 Å². The van der Waals surface area contributed by atoms with Crippen molar-refractivity contribution in [1.29, 1.82) is 0 Å². The third-order valence-corrected chi connectivity index (χ3v) is 8.77. The molecule has 0 amide bonds. The summed E-state index contributed by atoms with van der Waals surface area (Å²) in [7, 11) is 0. The first-order chi connectivity index (χ1) is 18.1. The third kappa shape index (κ3) is 5.54. The standard InChI is InChI=1S/C30H42N6O2/c1-18-9-11-20(12-10-18)17-36-24-25(32-16-19(2)21-7-6-8-21)33-27(29(37)38)34-26(24)35-28(36)23-15-22(13-14-31-23)30(3,4)5/h13-15,18-21H,6-12,16-17H2,1-5H3,(H,37,38)(H,32,33,34)/t18-,19-,20-/m0/s1. The SMILES string of the molecule is C[C@@H](CNc1nc(C(=O)O)nc2nc(-c3cc(C(C)(C)C)ccn3)n(C[C@H]3CC[C@H](C)CC3)c12)C1CCC1. The second kappa shape index (κ2) is 10.6. The summed E-state index contributed by atoms with van der Waals surface area (Å²) in [6.45, 7) is 12.7. The highest BCUT2D eigenvalue weighted by atomic mass is 16.4. The van der Waals surface area contributed by atoms with E-state index in [4.69, 9.17) is 9.97 Å². The van der Waals surface area contributed by atoms with Gasteiger partial charge in [-0.2, -0.15) is 0 Å². The predicted octanol–water partition coefficient (Wildman–Crippen LogP) is 6.56. The summed E-state index contributed by atoms with van der Waals surface area (Å²) < 4.78 is 2.22. The highest BCUT2D eigenvalue weighted by Gasteiger charge is 2.28. The normalized spacial score (nSPS) is 21.3. The summed E-state index contributed by atoms with van der Waals surface area (Å²) in [4.78, 5) is 30.5. The van der Waals surface area contributed by atoms with Gasteiger partial charge in [0, 0.05) is 19.3 Å². The summed E-state index contributed by atoms with van der Waals surface area (Å²) >= 11 is 0. The molecule has 2 aliphatic carbocycles. The van der Waals surface area contributed by atoms with E-state index >= 15 is 0 Å². The maximum Gasteiger partial charge on any atom is 0.374 e. The van der Waals surface area contributed by atoms with Crippen LogP contribution in [0.15, 0.2) is 18.3 Å². The monoisotopic (exact) mass is 518 g/mol. The quantitative estimate of drug-likeness (QED) is 0.348. The molecule has 1 atom stereocenters. The van der Waals surface area contributed by atoms with Crippen LogP contribution in [-0.2, 0) is 12.0 Å². The number of fused-ring (bicyclic) bond motifs is 1. The van der Waals surface area contributed by atoms with Crippen LogP contribution in [0.1, 0.15) is 95.7 Å². The minimum atomic E-state index is -1.15. The van der Waals surface area contributed by atoms with E-state index in [0.717, 1.165) is 36.0 Å². The number of nitrogens with zero attached hydrogens (tertiary/aromatic N) is 5. The van der Waals surface area contributed by atoms with Gasteiger partial charge in [-0.3, -0.25) is 4.98 Å². The smallest absolute Gasteiger partial charge is 0.374 e. The van der Waals surface area contributed by atoms with E-state index < -0.39 is 5.97 Å². The van der Waals surface area contributed by atoms with Gasteiger partial charge in [-0.25, -0.2) is 19.7 Å². The Balaban J connectivity index is 1.62. The Morgan fingerprint density at radius 1 is 1.13 bits per heavy atom. The molecule has 2 aliphatic rings. The molecule has 8 heteroatoms. The number of aromatic nitrogens is 5. The van der Waals surface area contributed by atoms with Gasteiger partial charge in [-0.15, -0.1) is 0 Å². The number of rotatable bonds is 8. The summed E-state index contributed by atoms with van der Waals surface area (Å²) in [5.74, 6) is 2.42. The van der Waals surface area contributed by atoms with Crippen molar-refractivity contribution >= 4 is 23.0 Å². The van der Waals surface area contributed by atoms with Crippen LogP contribution in [0.2, 0.25) is 0 Å². The first-order valence-electron chi connectivity index (χ1n) is 14.3. The molecule has 3 aromatic heterocycles. The molecule has 2 saturated carbocycles. The molecule has 0 aromatic carbocycles. The van der Waals surface area contributed by atoms with Crippen molar-refractivity contribution in [3.8, 4) is 11.5 Å². The number of hydrogen-bond donors (Lipinski definition) is 2. The predicted molar refractivity (Wildman–Crippen MR) is 150 cm³/mol. The summed E-state index contributed by atoms with van der Waals surface area (Å²) in [5.41, 5.74) is 3.13. The molecule has 0 unspecified atom stereocenters. The van der Waals surface area contributed by atoms with E-state index in [-0.39, 0.29) is 11.2 Å². The average Bonchev–Trinajstić information content (AvgIpc) is 3.20. The van der Waals surface area contributed by atoms with Crippen molar-refractivity contribution in [2.75, 3.05) is 11.9 Å². The lowest BCUT2D eigenvalue weighted by Gasteiger charge is -2.31. The molecule has 2 fully saturated rings. The first-order valence-corrected chi connectivity index (χ1v) is 14.3. The van der Waals surface area contributed by atoms with E-state index in [1.54, 1.807) is 0 Å². The van der Waals surface area contributed by atoms with Gasteiger partial charge in [0.15, 0.2) is 17.3 Å². The van der Waals surface area contributed by atoms with Gasteiger partial charge in [-0.1, -0.05) is 66.7 Å². The van der Waals surface area contributed by atoms with Crippen LogP contribution < -0.4 is 5.32 Å². The zero-order chi connectivity index (χ0) is 27.0. The minimum Gasteiger partial charge on any atom is -0.475 e. The zero-order valence-corrected chi connectivity index (χ0v) is 23.5. The Hall–Kier alpha value is -3.03. The Kier molecular flexibility index (Phi) is 7.43. The highest BCUT2D eigenvalue weighted by Crippen LogP contribution is 2.36. The van der Waals surface area contributed by atoms with E-state index in [9.17, 15) is 9.90 Å². The van der Waals surface area contributed by atoms with Crippen LogP contribution in [0.25, 0.3) is 22.7 Å². The van der Waals surface area contributed by atoms with E-state index in [0.29, 0.717) is 29.2 Å². The second-order valence-corrected chi connectivity index (χ2v) is 12.8. The topological polar surface area (TPSA) is 106 Å². The maximum absolute atomic E-state index is 12.0. The molecule has 0 aliphatic heterocycles. The molecule has 38 heavy (non-hydrogen) atoms. The zero-order valence-electron chi connectivity index (χ0n) is 23.5. The van der Waals surface area contributed by atoms with Crippen molar-refractivity contribution in [3.63, 3.8) is 0 Å². The highest BCUT2D eigenvalue weighted by molar-refractivity contribution is 5.92. The summed E-state index contributed by atoms with van der Waals surface area (Å²) in [5, 5.41) is 13.3. The van der Waals surface area contributed by atoms with Crippen molar-refractivity contribution in [2.45, 2.75) is 91.5 Å². The molecule has 5 rings (SSSR count). The summed E-state index contributed by atoms with van der Waals surface area (Å²) in [6, 6.07) is 4.16. The molecule has 204 valence electrons. The van der Waals surface area contributed by atoms with Crippen molar-refractivity contribution in [1.82, 2.24) is 24.5 Å². The van der Waals surface area contributed by atoms with Gasteiger partial charge in [0.25, 0.3) is 0 Å². The minimum absolute atomic E-state index is 0.0330. The van der Waals surface area contributed by atoms with Crippen molar-refractivity contribution in [2.24, 2.45) is 23.7 Å². The molecule has 8 nitrogen and oxygen atoms in total. The van der Waals surface area contributed by atoms with Crippen LogP contribution in [0, 0.1) is 23.7 Å². The number of nitrogens with one attached hydrogen (secondary N) is 1. The fraction of sp³-hybridized carbons (Fsp3) is 0.633. The molecule has 0 spiro atoms. The van der Waals surface area contributed by atoms with Gasteiger partial charge >= 0.3 is 5.97 Å². The van der Waals surface area contributed by atoms with Gasteiger partial charge in [-0.05, 0) is 59.6 Å². The van der Waals surface area contributed by atoms with Crippen LogP contribution in [-0.4, -0.2) is 42.1 Å². The Morgan fingerprint density at radius 2 is 1.87 bits per heavy atom. The largest absolute Gasteiger partial charge is 0.475 e. The number of anilines is 1. The maximum atomic E-state index is 12.0. The lowest BCUT2D eigenvalue weighted by atomic mass is 9.77. The fourth-order valence-electron chi connectivity index (χ4n) is 5.85. The van der Waals surface area contributed by atoms with Crippen molar-refractivity contribution < 1.29 is 9.90 Å².